The van der Waals surface area contributed by atoms with Crippen LogP contribution in [-0.4, -0.2) is 33.2 Å². The molecule has 0 aliphatic heterocycles. The molecule has 4 rings (SSSR count). The SMILES string of the molecule is CNCCCCc1nc2c(C3CC3)c(-c3ccccc3)nc(N)n2n1. The van der Waals surface area contributed by atoms with E-state index >= 15 is 0 Å². The second kappa shape index (κ2) is 6.80. The highest BCUT2D eigenvalue weighted by molar-refractivity contribution is 5.73. The fourth-order valence-corrected chi connectivity index (χ4v) is 3.27. The van der Waals surface area contributed by atoms with Gasteiger partial charge in [0.1, 0.15) is 0 Å². The van der Waals surface area contributed by atoms with Gasteiger partial charge in [0, 0.05) is 17.5 Å². The van der Waals surface area contributed by atoms with Crippen LogP contribution in [0.25, 0.3) is 16.9 Å². The lowest BCUT2D eigenvalue weighted by Gasteiger charge is -2.10. The van der Waals surface area contributed by atoms with Gasteiger partial charge in [0.15, 0.2) is 11.5 Å². The van der Waals surface area contributed by atoms with Gasteiger partial charge in [-0.2, -0.15) is 4.52 Å². The third kappa shape index (κ3) is 3.22. The molecule has 1 saturated carbocycles. The molecule has 2 aromatic heterocycles. The standard InChI is InChI=1S/C19H24N6/c1-21-12-6-5-9-15-22-18-16(13-10-11-13)17(14-7-3-2-4-8-14)23-19(20)25(18)24-15/h2-4,7-8,13,21H,5-6,9-12H2,1H3,(H2,20,23). The number of nitrogen functional groups attached to an aromatic ring is 1. The highest BCUT2D eigenvalue weighted by atomic mass is 15.3. The molecule has 3 N–H and O–H groups in total. The van der Waals surface area contributed by atoms with Gasteiger partial charge in [0.2, 0.25) is 5.95 Å². The van der Waals surface area contributed by atoms with E-state index < -0.39 is 0 Å². The lowest BCUT2D eigenvalue weighted by Crippen LogP contribution is -2.08. The smallest absolute Gasteiger partial charge is 0.223 e. The van der Waals surface area contributed by atoms with Gasteiger partial charge in [-0.1, -0.05) is 30.3 Å². The Morgan fingerprint density at radius 3 is 2.68 bits per heavy atom. The first kappa shape index (κ1) is 16.0. The van der Waals surface area contributed by atoms with Crippen molar-refractivity contribution in [1.29, 1.82) is 0 Å². The van der Waals surface area contributed by atoms with Gasteiger partial charge in [-0.15, -0.1) is 5.10 Å². The molecule has 0 spiro atoms. The zero-order valence-corrected chi connectivity index (χ0v) is 14.6. The molecule has 6 heteroatoms. The topological polar surface area (TPSA) is 81.1 Å². The van der Waals surface area contributed by atoms with Crippen molar-refractivity contribution in [3.63, 3.8) is 0 Å². The summed E-state index contributed by atoms with van der Waals surface area (Å²) in [6, 6.07) is 10.2. The number of nitrogens with zero attached hydrogens (tertiary/aromatic N) is 4. The Kier molecular flexibility index (Phi) is 4.36. The number of hydrogen-bond donors (Lipinski definition) is 2. The molecule has 0 bridgehead atoms. The summed E-state index contributed by atoms with van der Waals surface area (Å²) in [5, 5.41) is 7.78. The van der Waals surface area contributed by atoms with Crippen molar-refractivity contribution < 1.29 is 0 Å². The number of nitrogens with one attached hydrogen (secondary N) is 1. The van der Waals surface area contributed by atoms with Gasteiger partial charge in [-0.25, -0.2) is 9.97 Å². The second-order valence-corrected chi connectivity index (χ2v) is 6.70. The number of nitrogens with two attached hydrogens (primary N) is 1. The summed E-state index contributed by atoms with van der Waals surface area (Å²) in [4.78, 5) is 9.51. The summed E-state index contributed by atoms with van der Waals surface area (Å²) < 4.78 is 1.73. The molecule has 1 fully saturated rings. The van der Waals surface area contributed by atoms with E-state index in [-0.39, 0.29) is 0 Å². The molecule has 1 aliphatic carbocycles. The lowest BCUT2D eigenvalue weighted by atomic mass is 10.0. The van der Waals surface area contributed by atoms with Crippen LogP contribution in [-0.2, 0) is 6.42 Å². The summed E-state index contributed by atoms with van der Waals surface area (Å²) in [7, 11) is 1.97. The molecule has 0 amide bonds. The Balaban J connectivity index is 1.76. The molecule has 6 nitrogen and oxygen atoms in total. The first-order valence-electron chi connectivity index (χ1n) is 9.03. The highest BCUT2D eigenvalue weighted by Crippen LogP contribution is 2.45. The number of fused-ring (bicyclic) bond motifs is 1. The van der Waals surface area contributed by atoms with Crippen molar-refractivity contribution in [1.82, 2.24) is 24.9 Å². The molecule has 0 atom stereocenters. The monoisotopic (exact) mass is 336 g/mol. The van der Waals surface area contributed by atoms with Crippen LogP contribution in [0.1, 0.15) is 43.0 Å². The van der Waals surface area contributed by atoms with E-state index in [1.807, 2.05) is 25.2 Å². The third-order valence-electron chi connectivity index (χ3n) is 4.70. The van der Waals surface area contributed by atoms with Gasteiger partial charge >= 0.3 is 0 Å². The van der Waals surface area contributed by atoms with Crippen LogP contribution in [0, 0.1) is 0 Å². The van der Waals surface area contributed by atoms with Crippen LogP contribution in [0.4, 0.5) is 5.95 Å². The number of aryl methyl sites for hydroxylation is 1. The molecular weight excluding hydrogens is 312 g/mol. The van der Waals surface area contributed by atoms with Crippen molar-refractivity contribution in [2.75, 3.05) is 19.3 Å². The number of aromatic nitrogens is 4. The number of benzene rings is 1. The van der Waals surface area contributed by atoms with Crippen LogP contribution >= 0.6 is 0 Å². The van der Waals surface area contributed by atoms with Gasteiger partial charge in [-0.3, -0.25) is 0 Å². The predicted octanol–water partition coefficient (Wildman–Crippen LogP) is 2.79. The number of hydrogen-bond acceptors (Lipinski definition) is 5. The van der Waals surface area contributed by atoms with E-state index in [4.69, 9.17) is 10.7 Å². The summed E-state index contributed by atoms with van der Waals surface area (Å²) in [5.74, 6) is 1.79. The summed E-state index contributed by atoms with van der Waals surface area (Å²) in [6.45, 7) is 1.02. The Hall–Kier alpha value is -2.47. The lowest BCUT2D eigenvalue weighted by molar-refractivity contribution is 0.662. The van der Waals surface area contributed by atoms with Gasteiger partial charge in [0.05, 0.1) is 5.69 Å². The van der Waals surface area contributed by atoms with E-state index in [0.29, 0.717) is 11.9 Å². The average molecular weight is 336 g/mol. The molecule has 0 radical (unpaired) electrons. The van der Waals surface area contributed by atoms with Gasteiger partial charge in [-0.05, 0) is 45.2 Å². The van der Waals surface area contributed by atoms with Crippen LogP contribution in [0.5, 0.6) is 0 Å². The van der Waals surface area contributed by atoms with Crippen molar-refractivity contribution in [3.8, 4) is 11.3 Å². The fourth-order valence-electron chi connectivity index (χ4n) is 3.27. The van der Waals surface area contributed by atoms with E-state index in [1.165, 1.54) is 18.4 Å². The zero-order valence-electron chi connectivity index (χ0n) is 14.6. The summed E-state index contributed by atoms with van der Waals surface area (Å²) in [5.41, 5.74) is 10.4. The van der Waals surface area contributed by atoms with Gasteiger partial charge < -0.3 is 11.1 Å². The largest absolute Gasteiger partial charge is 0.368 e. The van der Waals surface area contributed by atoms with Crippen LogP contribution < -0.4 is 11.1 Å². The summed E-state index contributed by atoms with van der Waals surface area (Å²) >= 11 is 0. The maximum absolute atomic E-state index is 6.21. The molecule has 2 heterocycles. The van der Waals surface area contributed by atoms with Crippen molar-refractivity contribution >= 4 is 11.6 Å². The minimum absolute atomic E-state index is 0.409. The Labute approximate surface area is 147 Å². The Morgan fingerprint density at radius 2 is 1.96 bits per heavy atom. The van der Waals surface area contributed by atoms with Gasteiger partial charge in [0.25, 0.3) is 0 Å². The quantitative estimate of drug-likeness (QED) is 0.649. The maximum Gasteiger partial charge on any atom is 0.223 e. The first-order chi connectivity index (χ1) is 12.3. The number of unbranched alkanes of at least 4 members (excludes halogenated alkanes) is 1. The minimum atomic E-state index is 0.409. The van der Waals surface area contributed by atoms with Crippen molar-refractivity contribution in [3.05, 3.63) is 41.7 Å². The second-order valence-electron chi connectivity index (χ2n) is 6.70. The van der Waals surface area contributed by atoms with Crippen LogP contribution in [0.3, 0.4) is 0 Å². The molecule has 130 valence electrons. The average Bonchev–Trinajstić information content (AvgIpc) is 3.38. The number of rotatable bonds is 7. The van der Waals surface area contributed by atoms with E-state index in [0.717, 1.165) is 48.5 Å². The molecular formula is C19H24N6. The third-order valence-corrected chi connectivity index (χ3v) is 4.70. The van der Waals surface area contributed by atoms with E-state index in [9.17, 15) is 0 Å². The highest BCUT2D eigenvalue weighted by Gasteiger charge is 2.31. The maximum atomic E-state index is 6.21. The minimum Gasteiger partial charge on any atom is -0.368 e. The zero-order chi connectivity index (χ0) is 17.2. The molecule has 1 aliphatic rings. The Morgan fingerprint density at radius 1 is 1.16 bits per heavy atom. The fraction of sp³-hybridized carbons (Fsp3) is 0.421. The summed E-state index contributed by atoms with van der Waals surface area (Å²) in [6.07, 6.45) is 5.42. The van der Waals surface area contributed by atoms with Crippen molar-refractivity contribution in [2.45, 2.75) is 38.0 Å². The molecule has 1 aromatic carbocycles. The normalized spacial score (nSPS) is 14.3. The van der Waals surface area contributed by atoms with Crippen LogP contribution in [0.15, 0.2) is 30.3 Å². The number of anilines is 1. The van der Waals surface area contributed by atoms with E-state index in [1.54, 1.807) is 4.52 Å². The van der Waals surface area contributed by atoms with Crippen molar-refractivity contribution in [2.24, 2.45) is 0 Å². The molecule has 25 heavy (non-hydrogen) atoms. The first-order valence-corrected chi connectivity index (χ1v) is 9.03. The predicted molar refractivity (Wildman–Crippen MR) is 99.5 cm³/mol. The molecule has 0 saturated heterocycles. The Bertz CT molecular complexity index is 867. The molecule has 0 unspecified atom stereocenters. The molecule has 3 aromatic rings. The van der Waals surface area contributed by atoms with E-state index in [2.05, 4.69) is 27.5 Å². The van der Waals surface area contributed by atoms with Crippen LogP contribution in [0.2, 0.25) is 0 Å².